The highest BCUT2D eigenvalue weighted by atomic mass is 79.9. The Morgan fingerprint density at radius 1 is 1.82 bits per heavy atom. The van der Waals surface area contributed by atoms with Gasteiger partial charge in [-0.25, -0.2) is 4.98 Å². The van der Waals surface area contributed by atoms with E-state index in [0.29, 0.717) is 13.0 Å². The second-order valence-electron chi connectivity index (χ2n) is 2.15. The van der Waals surface area contributed by atoms with Gasteiger partial charge in [-0.2, -0.15) is 0 Å². The SMILES string of the molecule is NC(=O)CCn1cnc(Br)c1. The lowest BCUT2D eigenvalue weighted by atomic mass is 10.4. The van der Waals surface area contributed by atoms with Crippen molar-refractivity contribution in [2.75, 3.05) is 0 Å². The standard InChI is InChI=1S/C6H8BrN3O/c7-5-3-10(4-9-5)2-1-6(8)11/h3-4H,1-2H2,(H2,8,11). The molecule has 0 radical (unpaired) electrons. The molecule has 60 valence electrons. The maximum atomic E-state index is 10.4. The number of rotatable bonds is 3. The smallest absolute Gasteiger partial charge is 0.219 e. The molecule has 4 nitrogen and oxygen atoms in total. The van der Waals surface area contributed by atoms with E-state index in [-0.39, 0.29) is 5.91 Å². The van der Waals surface area contributed by atoms with Crippen molar-refractivity contribution in [1.29, 1.82) is 0 Å². The van der Waals surface area contributed by atoms with Gasteiger partial charge in [-0.1, -0.05) is 0 Å². The highest BCUT2D eigenvalue weighted by Crippen LogP contribution is 2.04. The predicted molar refractivity (Wildman–Crippen MR) is 43.7 cm³/mol. The van der Waals surface area contributed by atoms with Crippen molar-refractivity contribution in [2.45, 2.75) is 13.0 Å². The number of carbonyl (C=O) groups is 1. The molecule has 11 heavy (non-hydrogen) atoms. The van der Waals surface area contributed by atoms with Crippen molar-refractivity contribution >= 4 is 21.8 Å². The second-order valence-corrected chi connectivity index (χ2v) is 2.96. The van der Waals surface area contributed by atoms with E-state index in [9.17, 15) is 4.79 Å². The van der Waals surface area contributed by atoms with Crippen LogP contribution in [0.1, 0.15) is 6.42 Å². The topological polar surface area (TPSA) is 60.9 Å². The van der Waals surface area contributed by atoms with Gasteiger partial charge in [-0.05, 0) is 15.9 Å². The van der Waals surface area contributed by atoms with Crippen molar-refractivity contribution in [1.82, 2.24) is 9.55 Å². The average molecular weight is 218 g/mol. The summed E-state index contributed by atoms with van der Waals surface area (Å²) in [5.41, 5.74) is 4.96. The van der Waals surface area contributed by atoms with Crippen LogP contribution in [0.5, 0.6) is 0 Å². The molecule has 2 N–H and O–H groups in total. The Labute approximate surface area is 72.5 Å². The fourth-order valence-electron chi connectivity index (χ4n) is 0.694. The van der Waals surface area contributed by atoms with E-state index < -0.39 is 0 Å². The quantitative estimate of drug-likeness (QED) is 0.803. The summed E-state index contributed by atoms with van der Waals surface area (Å²) in [4.78, 5) is 14.3. The number of amides is 1. The molecule has 0 bridgehead atoms. The molecule has 1 rings (SSSR count). The molecule has 0 atom stereocenters. The lowest BCUT2D eigenvalue weighted by Crippen LogP contribution is -2.13. The third kappa shape index (κ3) is 2.71. The first-order valence-electron chi connectivity index (χ1n) is 3.14. The van der Waals surface area contributed by atoms with Gasteiger partial charge in [0.15, 0.2) is 0 Å². The maximum absolute atomic E-state index is 10.4. The van der Waals surface area contributed by atoms with Crippen LogP contribution < -0.4 is 5.73 Å². The molecule has 0 aliphatic heterocycles. The van der Waals surface area contributed by atoms with Gasteiger partial charge in [-0.15, -0.1) is 0 Å². The highest BCUT2D eigenvalue weighted by Gasteiger charge is 1.96. The van der Waals surface area contributed by atoms with Gasteiger partial charge in [-0.3, -0.25) is 4.79 Å². The molecule has 1 amide bonds. The molecule has 1 aromatic rings. The van der Waals surface area contributed by atoms with Crippen molar-refractivity contribution in [3.63, 3.8) is 0 Å². The lowest BCUT2D eigenvalue weighted by molar-refractivity contribution is -0.118. The summed E-state index contributed by atoms with van der Waals surface area (Å²) >= 11 is 3.19. The van der Waals surface area contributed by atoms with Gasteiger partial charge in [0, 0.05) is 19.2 Å². The molecule has 5 heteroatoms. The van der Waals surface area contributed by atoms with Crippen LogP contribution in [-0.2, 0) is 11.3 Å². The summed E-state index contributed by atoms with van der Waals surface area (Å²) in [5.74, 6) is -0.296. The maximum Gasteiger partial charge on any atom is 0.219 e. The second kappa shape index (κ2) is 3.52. The van der Waals surface area contributed by atoms with Crippen LogP contribution in [0.3, 0.4) is 0 Å². The van der Waals surface area contributed by atoms with E-state index in [1.54, 1.807) is 17.1 Å². The molecule has 0 saturated carbocycles. The molecule has 0 fully saturated rings. The van der Waals surface area contributed by atoms with Crippen molar-refractivity contribution in [2.24, 2.45) is 5.73 Å². The van der Waals surface area contributed by atoms with E-state index in [0.717, 1.165) is 4.60 Å². The molecule has 0 saturated heterocycles. The number of aromatic nitrogens is 2. The van der Waals surface area contributed by atoms with Gasteiger partial charge in [0.1, 0.15) is 4.60 Å². The van der Waals surface area contributed by atoms with E-state index in [2.05, 4.69) is 20.9 Å². The summed E-state index contributed by atoms with van der Waals surface area (Å²) in [6, 6.07) is 0. The van der Waals surface area contributed by atoms with Crippen molar-refractivity contribution in [3.05, 3.63) is 17.1 Å². The summed E-state index contributed by atoms with van der Waals surface area (Å²) in [6.45, 7) is 0.591. The predicted octanol–water partition coefficient (Wildman–Crippen LogP) is 0.521. The Morgan fingerprint density at radius 2 is 2.55 bits per heavy atom. The number of nitrogens with two attached hydrogens (primary N) is 1. The molecule has 1 heterocycles. The minimum Gasteiger partial charge on any atom is -0.370 e. The fraction of sp³-hybridized carbons (Fsp3) is 0.333. The minimum atomic E-state index is -0.296. The highest BCUT2D eigenvalue weighted by molar-refractivity contribution is 9.10. The minimum absolute atomic E-state index is 0.296. The molecule has 0 aliphatic rings. The van der Waals surface area contributed by atoms with Crippen LogP contribution in [-0.4, -0.2) is 15.5 Å². The largest absolute Gasteiger partial charge is 0.370 e. The van der Waals surface area contributed by atoms with E-state index in [4.69, 9.17) is 5.73 Å². The number of primary amides is 1. The van der Waals surface area contributed by atoms with Crippen LogP contribution in [0.2, 0.25) is 0 Å². The summed E-state index contributed by atoms with van der Waals surface area (Å²) in [7, 11) is 0. The molecule has 0 unspecified atom stereocenters. The first kappa shape index (κ1) is 8.26. The zero-order chi connectivity index (χ0) is 8.27. The molecular formula is C6H8BrN3O. The number of hydrogen-bond donors (Lipinski definition) is 1. The lowest BCUT2D eigenvalue weighted by Gasteiger charge is -1.96. The van der Waals surface area contributed by atoms with Crippen LogP contribution in [0, 0.1) is 0 Å². The number of nitrogens with zero attached hydrogens (tertiary/aromatic N) is 2. The first-order valence-corrected chi connectivity index (χ1v) is 3.93. The van der Waals surface area contributed by atoms with Crippen LogP contribution in [0.4, 0.5) is 0 Å². The number of hydrogen-bond acceptors (Lipinski definition) is 2. The Hall–Kier alpha value is -0.840. The normalized spacial score (nSPS) is 9.91. The third-order valence-corrected chi connectivity index (χ3v) is 1.63. The van der Waals surface area contributed by atoms with Gasteiger partial charge < -0.3 is 10.3 Å². The summed E-state index contributed by atoms with van der Waals surface area (Å²) < 4.78 is 2.57. The first-order chi connectivity index (χ1) is 5.18. The fourth-order valence-corrected chi connectivity index (χ4v) is 1.05. The van der Waals surface area contributed by atoms with Crippen LogP contribution in [0.25, 0.3) is 0 Å². The monoisotopic (exact) mass is 217 g/mol. The van der Waals surface area contributed by atoms with E-state index >= 15 is 0 Å². The Kier molecular flexibility index (Phi) is 2.64. The molecule has 1 aromatic heterocycles. The van der Waals surface area contributed by atoms with E-state index in [1.807, 2.05) is 0 Å². The average Bonchev–Trinajstić information content (AvgIpc) is 2.31. The number of aryl methyl sites for hydroxylation is 1. The van der Waals surface area contributed by atoms with Gasteiger partial charge in [0.05, 0.1) is 6.33 Å². The Bertz CT molecular complexity index is 258. The number of carbonyl (C=O) groups excluding carboxylic acids is 1. The third-order valence-electron chi connectivity index (χ3n) is 1.22. The van der Waals surface area contributed by atoms with E-state index in [1.165, 1.54) is 0 Å². The van der Waals surface area contributed by atoms with Gasteiger partial charge in [0.2, 0.25) is 5.91 Å². The summed E-state index contributed by atoms with van der Waals surface area (Å²) in [5, 5.41) is 0. The number of imidazole rings is 1. The van der Waals surface area contributed by atoms with Crippen molar-refractivity contribution in [3.8, 4) is 0 Å². The summed E-state index contributed by atoms with van der Waals surface area (Å²) in [6.07, 6.45) is 3.79. The van der Waals surface area contributed by atoms with Gasteiger partial charge in [0.25, 0.3) is 0 Å². The van der Waals surface area contributed by atoms with Crippen LogP contribution >= 0.6 is 15.9 Å². The molecular weight excluding hydrogens is 210 g/mol. The van der Waals surface area contributed by atoms with Gasteiger partial charge >= 0.3 is 0 Å². The molecule has 0 spiro atoms. The Balaban J connectivity index is 2.45. The zero-order valence-electron chi connectivity index (χ0n) is 5.83. The number of halogens is 1. The molecule has 0 aliphatic carbocycles. The molecule has 0 aromatic carbocycles. The van der Waals surface area contributed by atoms with Crippen LogP contribution in [0.15, 0.2) is 17.1 Å². The Morgan fingerprint density at radius 3 is 3.00 bits per heavy atom. The van der Waals surface area contributed by atoms with Crippen molar-refractivity contribution < 1.29 is 4.79 Å². The zero-order valence-corrected chi connectivity index (χ0v) is 7.41.